The molecule has 0 aliphatic rings. The lowest BCUT2D eigenvalue weighted by molar-refractivity contribution is 0.0925. The maximum atomic E-state index is 11.9. The number of aryl methyl sites for hydroxylation is 1. The summed E-state index contributed by atoms with van der Waals surface area (Å²) in [5, 5.41) is 10.1. The summed E-state index contributed by atoms with van der Waals surface area (Å²) in [6, 6.07) is 9.56. The highest BCUT2D eigenvalue weighted by Crippen LogP contribution is 2.17. The third-order valence-corrected chi connectivity index (χ3v) is 4.16. The van der Waals surface area contributed by atoms with Crippen LogP contribution in [0.2, 0.25) is 5.02 Å². The zero-order valence-electron chi connectivity index (χ0n) is 15.7. The van der Waals surface area contributed by atoms with Gasteiger partial charge in [0.05, 0.1) is 12.3 Å². The second-order valence-corrected chi connectivity index (χ2v) is 6.40. The smallest absolute Gasteiger partial charge is 0.287 e. The minimum atomic E-state index is -0.190. The van der Waals surface area contributed by atoms with Gasteiger partial charge in [-0.25, -0.2) is 0 Å². The summed E-state index contributed by atoms with van der Waals surface area (Å²) in [5.41, 5.74) is 1.92. The number of halogens is 2. The molecular formula is C19H26ClIN4O2. The zero-order chi connectivity index (χ0) is 18.9. The monoisotopic (exact) mass is 504 g/mol. The second kappa shape index (κ2) is 11.9. The number of carbonyl (C=O) groups excluding carboxylic acids is 1. The molecule has 1 amide bonds. The first-order valence-corrected chi connectivity index (χ1v) is 8.94. The summed E-state index contributed by atoms with van der Waals surface area (Å²) in [5.74, 6) is 0.876. The summed E-state index contributed by atoms with van der Waals surface area (Å²) < 4.78 is 5.17. The van der Waals surface area contributed by atoms with Crippen LogP contribution in [0.25, 0.3) is 0 Å². The number of hydrogen-bond donors (Lipinski definition) is 3. The van der Waals surface area contributed by atoms with Gasteiger partial charge < -0.3 is 20.4 Å². The third kappa shape index (κ3) is 7.42. The van der Waals surface area contributed by atoms with E-state index in [0.717, 1.165) is 17.5 Å². The lowest BCUT2D eigenvalue weighted by Crippen LogP contribution is -2.40. The fraction of sp³-hybridized carbons (Fsp3) is 0.368. The highest BCUT2D eigenvalue weighted by Gasteiger charge is 2.11. The zero-order valence-corrected chi connectivity index (χ0v) is 18.8. The van der Waals surface area contributed by atoms with Crippen molar-refractivity contribution in [1.29, 1.82) is 0 Å². The molecule has 0 saturated carbocycles. The predicted octanol–water partition coefficient (Wildman–Crippen LogP) is 3.91. The van der Waals surface area contributed by atoms with E-state index in [4.69, 9.17) is 16.0 Å². The van der Waals surface area contributed by atoms with Gasteiger partial charge in [0.1, 0.15) is 0 Å². The number of aliphatic imine (C=N–C) groups is 1. The van der Waals surface area contributed by atoms with E-state index in [1.165, 1.54) is 6.26 Å². The Morgan fingerprint density at radius 3 is 2.63 bits per heavy atom. The highest BCUT2D eigenvalue weighted by atomic mass is 127. The molecule has 0 spiro atoms. The van der Waals surface area contributed by atoms with Crippen molar-refractivity contribution in [2.24, 2.45) is 4.99 Å². The Morgan fingerprint density at radius 2 is 2.00 bits per heavy atom. The van der Waals surface area contributed by atoms with Crippen LogP contribution >= 0.6 is 35.6 Å². The average molecular weight is 505 g/mol. The van der Waals surface area contributed by atoms with Gasteiger partial charge in [-0.1, -0.05) is 23.7 Å². The van der Waals surface area contributed by atoms with Crippen molar-refractivity contribution >= 4 is 47.4 Å². The Morgan fingerprint density at radius 1 is 1.26 bits per heavy atom. The van der Waals surface area contributed by atoms with Crippen molar-refractivity contribution in [2.45, 2.75) is 26.3 Å². The SMILES string of the molecule is CN=C(NCCCNC(=O)c1occc1C)NC(C)c1cccc(Cl)c1.I. The van der Waals surface area contributed by atoms with E-state index in [-0.39, 0.29) is 35.9 Å². The topological polar surface area (TPSA) is 78.7 Å². The molecule has 0 bridgehead atoms. The van der Waals surface area contributed by atoms with E-state index in [2.05, 4.69) is 20.9 Å². The molecule has 1 unspecified atom stereocenters. The maximum Gasteiger partial charge on any atom is 0.287 e. The number of nitrogens with zero attached hydrogens (tertiary/aromatic N) is 1. The molecule has 8 heteroatoms. The molecule has 27 heavy (non-hydrogen) atoms. The summed E-state index contributed by atoms with van der Waals surface area (Å²) in [4.78, 5) is 16.2. The summed E-state index contributed by atoms with van der Waals surface area (Å²) in [7, 11) is 1.72. The van der Waals surface area contributed by atoms with Crippen molar-refractivity contribution in [3.63, 3.8) is 0 Å². The lowest BCUT2D eigenvalue weighted by atomic mass is 10.1. The predicted molar refractivity (Wildman–Crippen MR) is 120 cm³/mol. The van der Waals surface area contributed by atoms with E-state index in [0.29, 0.717) is 29.8 Å². The third-order valence-electron chi connectivity index (χ3n) is 3.93. The first-order valence-electron chi connectivity index (χ1n) is 8.56. The molecule has 0 radical (unpaired) electrons. The summed E-state index contributed by atoms with van der Waals surface area (Å²) in [6.07, 6.45) is 2.28. The number of furan rings is 1. The normalized spacial score (nSPS) is 12.1. The minimum absolute atomic E-state index is 0. The Labute approximate surface area is 182 Å². The number of nitrogens with one attached hydrogen (secondary N) is 3. The number of hydrogen-bond acceptors (Lipinski definition) is 3. The molecule has 1 aromatic carbocycles. The van der Waals surface area contributed by atoms with Gasteiger partial charge in [-0.05, 0) is 44.0 Å². The van der Waals surface area contributed by atoms with Gasteiger partial charge in [-0.15, -0.1) is 24.0 Å². The number of benzene rings is 1. The number of carbonyl (C=O) groups is 1. The second-order valence-electron chi connectivity index (χ2n) is 5.96. The Hall–Kier alpha value is -1.74. The quantitative estimate of drug-likeness (QED) is 0.231. The van der Waals surface area contributed by atoms with Gasteiger partial charge in [0.25, 0.3) is 5.91 Å². The molecule has 1 aromatic heterocycles. The molecule has 1 heterocycles. The van der Waals surface area contributed by atoms with Gasteiger partial charge in [0.15, 0.2) is 11.7 Å². The molecular weight excluding hydrogens is 479 g/mol. The van der Waals surface area contributed by atoms with Crippen LogP contribution in [0.5, 0.6) is 0 Å². The van der Waals surface area contributed by atoms with Crippen molar-refractivity contribution in [3.05, 3.63) is 58.5 Å². The maximum absolute atomic E-state index is 11.9. The first-order chi connectivity index (χ1) is 12.5. The molecule has 148 valence electrons. The van der Waals surface area contributed by atoms with Crippen LogP contribution in [0.4, 0.5) is 0 Å². The fourth-order valence-corrected chi connectivity index (χ4v) is 2.64. The number of guanidine groups is 1. The van der Waals surface area contributed by atoms with Crippen LogP contribution in [0.15, 0.2) is 46.0 Å². The van der Waals surface area contributed by atoms with Gasteiger partial charge >= 0.3 is 0 Å². The molecule has 0 aliphatic carbocycles. The van der Waals surface area contributed by atoms with Crippen LogP contribution in [0.3, 0.4) is 0 Å². The number of rotatable bonds is 7. The fourth-order valence-electron chi connectivity index (χ4n) is 2.44. The van der Waals surface area contributed by atoms with Crippen LogP contribution in [-0.2, 0) is 0 Å². The van der Waals surface area contributed by atoms with Gasteiger partial charge in [-0.2, -0.15) is 0 Å². The van der Waals surface area contributed by atoms with Crippen molar-refractivity contribution in [1.82, 2.24) is 16.0 Å². The van der Waals surface area contributed by atoms with Crippen molar-refractivity contribution in [2.75, 3.05) is 20.1 Å². The first kappa shape index (κ1) is 23.3. The van der Waals surface area contributed by atoms with Crippen molar-refractivity contribution < 1.29 is 9.21 Å². The molecule has 3 N–H and O–H groups in total. The van der Waals surface area contributed by atoms with Crippen LogP contribution in [0.1, 0.15) is 41.1 Å². The van der Waals surface area contributed by atoms with Gasteiger partial charge in [0.2, 0.25) is 0 Å². The standard InChI is InChI=1S/C19H25ClN4O2.HI/c1-13-8-11-26-17(13)18(25)22-9-5-10-23-19(21-3)24-14(2)15-6-4-7-16(20)12-15;/h4,6-8,11-12,14H,5,9-10H2,1-3H3,(H,22,25)(H2,21,23,24);1H. The molecule has 1 atom stereocenters. The Bertz CT molecular complexity index is 764. The van der Waals surface area contributed by atoms with Crippen molar-refractivity contribution in [3.8, 4) is 0 Å². The molecule has 0 aliphatic heterocycles. The Kier molecular flexibility index (Phi) is 10.2. The highest BCUT2D eigenvalue weighted by molar-refractivity contribution is 14.0. The molecule has 2 rings (SSSR count). The van der Waals surface area contributed by atoms with Gasteiger partial charge in [-0.3, -0.25) is 9.79 Å². The minimum Gasteiger partial charge on any atom is -0.459 e. The summed E-state index contributed by atoms with van der Waals surface area (Å²) >= 11 is 6.04. The van der Waals surface area contributed by atoms with Crippen LogP contribution < -0.4 is 16.0 Å². The van der Waals surface area contributed by atoms with E-state index in [1.807, 2.05) is 38.1 Å². The molecule has 0 fully saturated rings. The average Bonchev–Trinajstić information content (AvgIpc) is 3.06. The van der Waals surface area contributed by atoms with Gasteiger partial charge in [0, 0.05) is 30.7 Å². The lowest BCUT2D eigenvalue weighted by Gasteiger charge is -2.18. The molecule has 0 saturated heterocycles. The largest absolute Gasteiger partial charge is 0.459 e. The van der Waals surface area contributed by atoms with Crippen LogP contribution in [0, 0.1) is 6.92 Å². The Balaban J connectivity index is 0.00000364. The number of amides is 1. The van der Waals surface area contributed by atoms with Crippen LogP contribution in [-0.4, -0.2) is 32.0 Å². The van der Waals surface area contributed by atoms with E-state index >= 15 is 0 Å². The molecule has 2 aromatic rings. The van der Waals surface area contributed by atoms with E-state index < -0.39 is 0 Å². The summed E-state index contributed by atoms with van der Waals surface area (Å²) in [6.45, 7) is 5.12. The molecule has 6 nitrogen and oxygen atoms in total. The van der Waals surface area contributed by atoms with E-state index in [9.17, 15) is 4.79 Å². The van der Waals surface area contributed by atoms with E-state index in [1.54, 1.807) is 13.1 Å².